The molecule has 112 valence electrons. The van der Waals surface area contributed by atoms with Crippen molar-refractivity contribution < 1.29 is 19.1 Å². The lowest BCUT2D eigenvalue weighted by molar-refractivity contribution is 0.0521. The van der Waals surface area contributed by atoms with Gasteiger partial charge in [-0.15, -0.1) is 0 Å². The second kappa shape index (κ2) is 7.40. The first-order valence-electron chi connectivity index (χ1n) is 6.78. The number of rotatable bonds is 8. The van der Waals surface area contributed by atoms with Gasteiger partial charge in [-0.3, -0.25) is 4.79 Å². The number of ether oxygens (including phenoxy) is 2. The molecule has 0 atom stereocenters. The van der Waals surface area contributed by atoms with E-state index in [0.29, 0.717) is 18.6 Å². The van der Waals surface area contributed by atoms with Crippen molar-refractivity contribution in [3.8, 4) is 0 Å². The minimum Gasteiger partial charge on any atom is -0.462 e. The lowest BCUT2D eigenvalue weighted by atomic mass is 10.2. The van der Waals surface area contributed by atoms with Crippen molar-refractivity contribution in [2.45, 2.75) is 39.3 Å². The summed E-state index contributed by atoms with van der Waals surface area (Å²) in [5.74, 6) is -0.476. The molecule has 5 nitrogen and oxygen atoms in total. The third-order valence-electron chi connectivity index (χ3n) is 2.84. The number of carbonyl (C=O) groups is 2. The summed E-state index contributed by atoms with van der Waals surface area (Å²) in [6.07, 6.45) is 2.33. The van der Waals surface area contributed by atoms with Crippen molar-refractivity contribution in [2.24, 2.45) is 0 Å². The Bertz CT molecular complexity index is 462. The van der Waals surface area contributed by atoms with Gasteiger partial charge in [-0.2, -0.15) is 0 Å². The van der Waals surface area contributed by atoms with E-state index in [1.54, 1.807) is 23.8 Å². The van der Waals surface area contributed by atoms with Crippen molar-refractivity contribution in [2.75, 3.05) is 13.2 Å². The second-order valence-corrected chi connectivity index (χ2v) is 11.4. The SMILES string of the molecule is CCOC(=O)c1ccn(COCC[Si](C)(C)C)c1C=O. The summed E-state index contributed by atoms with van der Waals surface area (Å²) in [5.41, 5.74) is 0.590. The summed E-state index contributed by atoms with van der Waals surface area (Å²) >= 11 is 0. The van der Waals surface area contributed by atoms with Crippen LogP contribution in [0.4, 0.5) is 0 Å². The largest absolute Gasteiger partial charge is 0.462 e. The van der Waals surface area contributed by atoms with E-state index in [-0.39, 0.29) is 18.9 Å². The van der Waals surface area contributed by atoms with Crippen molar-refractivity contribution in [3.05, 3.63) is 23.5 Å². The van der Waals surface area contributed by atoms with Crippen molar-refractivity contribution >= 4 is 20.3 Å². The van der Waals surface area contributed by atoms with Gasteiger partial charge in [0.05, 0.1) is 17.9 Å². The predicted molar refractivity (Wildman–Crippen MR) is 79.9 cm³/mol. The third kappa shape index (κ3) is 4.94. The van der Waals surface area contributed by atoms with E-state index in [9.17, 15) is 9.59 Å². The molecule has 0 saturated carbocycles. The number of aldehydes is 1. The highest BCUT2D eigenvalue weighted by molar-refractivity contribution is 6.76. The smallest absolute Gasteiger partial charge is 0.340 e. The van der Waals surface area contributed by atoms with Crippen LogP contribution >= 0.6 is 0 Å². The van der Waals surface area contributed by atoms with E-state index < -0.39 is 14.0 Å². The Kier molecular flexibility index (Phi) is 6.16. The molecule has 1 aromatic rings. The van der Waals surface area contributed by atoms with Gasteiger partial charge in [-0.25, -0.2) is 4.79 Å². The maximum atomic E-state index is 11.7. The van der Waals surface area contributed by atoms with E-state index >= 15 is 0 Å². The van der Waals surface area contributed by atoms with Gasteiger partial charge in [0.15, 0.2) is 6.29 Å². The lowest BCUT2D eigenvalue weighted by Gasteiger charge is -2.15. The fraction of sp³-hybridized carbons (Fsp3) is 0.571. The first kappa shape index (κ1) is 16.7. The molecule has 0 bridgehead atoms. The van der Waals surface area contributed by atoms with Gasteiger partial charge in [-0.1, -0.05) is 19.6 Å². The van der Waals surface area contributed by atoms with Gasteiger partial charge in [-0.05, 0) is 19.0 Å². The Morgan fingerprint density at radius 3 is 2.65 bits per heavy atom. The molecule has 0 aliphatic heterocycles. The van der Waals surface area contributed by atoms with Crippen LogP contribution in [0.5, 0.6) is 0 Å². The van der Waals surface area contributed by atoms with E-state index in [0.717, 1.165) is 6.04 Å². The monoisotopic (exact) mass is 297 g/mol. The van der Waals surface area contributed by atoms with Crippen molar-refractivity contribution in [3.63, 3.8) is 0 Å². The molecule has 0 aromatic carbocycles. The number of carbonyl (C=O) groups excluding carboxylic acids is 2. The van der Waals surface area contributed by atoms with Gasteiger partial charge in [0.2, 0.25) is 0 Å². The molecular weight excluding hydrogens is 274 g/mol. The molecule has 0 amide bonds. The second-order valence-electron chi connectivity index (χ2n) is 5.77. The highest BCUT2D eigenvalue weighted by Gasteiger charge is 2.17. The van der Waals surface area contributed by atoms with Crippen molar-refractivity contribution in [1.29, 1.82) is 0 Å². The minimum atomic E-state index is -1.12. The summed E-state index contributed by atoms with van der Waals surface area (Å²) < 4.78 is 12.1. The zero-order chi connectivity index (χ0) is 15.2. The van der Waals surface area contributed by atoms with Gasteiger partial charge >= 0.3 is 5.97 Å². The molecule has 0 aliphatic carbocycles. The molecule has 1 rings (SSSR count). The fourth-order valence-corrected chi connectivity index (χ4v) is 2.41. The molecule has 0 saturated heterocycles. The molecule has 0 aliphatic rings. The average Bonchev–Trinajstić information content (AvgIpc) is 2.76. The summed E-state index contributed by atoms with van der Waals surface area (Å²) in [4.78, 5) is 22.8. The molecule has 0 spiro atoms. The number of esters is 1. The predicted octanol–water partition coefficient (Wildman–Crippen LogP) is 2.79. The Morgan fingerprint density at radius 2 is 2.10 bits per heavy atom. The molecule has 0 N–H and O–H groups in total. The van der Waals surface area contributed by atoms with E-state index in [4.69, 9.17) is 9.47 Å². The normalized spacial score (nSPS) is 11.4. The standard InChI is InChI=1S/C14H23NO4Si/c1-5-19-14(17)12-6-7-15(13(12)10-16)11-18-8-9-20(2,3)4/h6-7,10H,5,8-9,11H2,1-4H3. The van der Waals surface area contributed by atoms with Crippen LogP contribution in [-0.4, -0.2) is 38.1 Å². The summed E-state index contributed by atoms with van der Waals surface area (Å²) in [6.45, 7) is 9.80. The Balaban J connectivity index is 2.63. The number of nitrogens with zero attached hydrogens (tertiary/aromatic N) is 1. The minimum absolute atomic E-state index is 0.276. The first-order chi connectivity index (χ1) is 9.39. The maximum Gasteiger partial charge on any atom is 0.340 e. The third-order valence-corrected chi connectivity index (χ3v) is 4.54. The number of hydrogen-bond donors (Lipinski definition) is 0. The Morgan fingerprint density at radius 1 is 1.40 bits per heavy atom. The first-order valence-corrected chi connectivity index (χ1v) is 10.5. The Labute approximate surface area is 120 Å². The lowest BCUT2D eigenvalue weighted by Crippen LogP contribution is -2.22. The van der Waals surface area contributed by atoms with Crippen molar-refractivity contribution in [1.82, 2.24) is 4.57 Å². The van der Waals surface area contributed by atoms with Crippen LogP contribution in [0.15, 0.2) is 12.3 Å². The van der Waals surface area contributed by atoms with Crippen LogP contribution < -0.4 is 0 Å². The Hall–Kier alpha value is -1.40. The molecule has 20 heavy (non-hydrogen) atoms. The molecular formula is C14H23NO4Si. The average molecular weight is 297 g/mol. The molecule has 1 heterocycles. The van der Waals surface area contributed by atoms with Gasteiger partial charge in [0, 0.05) is 20.9 Å². The summed E-state index contributed by atoms with van der Waals surface area (Å²) in [7, 11) is -1.12. The molecule has 6 heteroatoms. The highest BCUT2D eigenvalue weighted by Crippen LogP contribution is 2.12. The van der Waals surface area contributed by atoms with Crippen LogP contribution in [0, 0.1) is 0 Å². The maximum absolute atomic E-state index is 11.7. The zero-order valence-corrected chi connectivity index (χ0v) is 13.6. The highest BCUT2D eigenvalue weighted by atomic mass is 28.3. The number of hydrogen-bond acceptors (Lipinski definition) is 4. The van der Waals surface area contributed by atoms with Crippen LogP contribution in [0.2, 0.25) is 25.7 Å². The summed E-state index contributed by atoms with van der Waals surface area (Å²) in [6, 6.07) is 2.65. The van der Waals surface area contributed by atoms with Gasteiger partial charge in [0.1, 0.15) is 6.73 Å². The van der Waals surface area contributed by atoms with Gasteiger partial charge < -0.3 is 14.0 Å². The van der Waals surface area contributed by atoms with Gasteiger partial charge in [0.25, 0.3) is 0 Å². The van der Waals surface area contributed by atoms with Crippen LogP contribution in [0.3, 0.4) is 0 Å². The van der Waals surface area contributed by atoms with Crippen LogP contribution in [0.25, 0.3) is 0 Å². The zero-order valence-electron chi connectivity index (χ0n) is 12.6. The van der Waals surface area contributed by atoms with E-state index in [1.807, 2.05) is 0 Å². The molecule has 0 radical (unpaired) electrons. The van der Waals surface area contributed by atoms with E-state index in [2.05, 4.69) is 19.6 Å². The van der Waals surface area contributed by atoms with Crippen LogP contribution in [-0.2, 0) is 16.2 Å². The van der Waals surface area contributed by atoms with E-state index in [1.165, 1.54) is 0 Å². The topological polar surface area (TPSA) is 57.5 Å². The molecule has 0 fully saturated rings. The number of aromatic nitrogens is 1. The summed E-state index contributed by atoms with van der Waals surface area (Å²) in [5, 5.41) is 0. The quantitative estimate of drug-likeness (QED) is 0.320. The van der Waals surface area contributed by atoms with Crippen LogP contribution in [0.1, 0.15) is 27.8 Å². The fourth-order valence-electron chi connectivity index (χ4n) is 1.65. The molecule has 0 unspecified atom stereocenters. The molecule has 1 aromatic heterocycles.